The van der Waals surface area contributed by atoms with Gasteiger partial charge in [-0.15, -0.1) is 0 Å². The molecule has 0 radical (unpaired) electrons. The lowest BCUT2D eigenvalue weighted by molar-refractivity contribution is -0.146. The Morgan fingerprint density at radius 1 is 1.22 bits per heavy atom. The maximum atomic E-state index is 13.8. The number of imidazole rings is 1. The second-order valence-corrected chi connectivity index (χ2v) is 11.3. The van der Waals surface area contributed by atoms with Crippen LogP contribution >= 0.6 is 19.3 Å². The molecule has 1 aliphatic heterocycles. The van der Waals surface area contributed by atoms with Crippen molar-refractivity contribution in [3.63, 3.8) is 0 Å². The molecule has 3 heterocycles. The number of nitrogen functional groups attached to an aromatic ring is 1. The topological polar surface area (TPSA) is 173 Å². The molecule has 4 aromatic rings. The Kier molecular flexibility index (Phi) is 8.83. The van der Waals surface area contributed by atoms with Crippen LogP contribution in [0.5, 0.6) is 5.75 Å². The highest BCUT2D eigenvalue weighted by atomic mass is 35.5. The number of nitrogens with one attached hydrogen (secondary N) is 1. The molecule has 0 saturated carbocycles. The van der Waals surface area contributed by atoms with Gasteiger partial charge in [-0.3, -0.25) is 13.9 Å². The summed E-state index contributed by atoms with van der Waals surface area (Å²) in [4.78, 5) is 24.9. The van der Waals surface area contributed by atoms with Crippen molar-refractivity contribution in [2.75, 3.05) is 12.3 Å². The third kappa shape index (κ3) is 7.02. The Bertz CT molecular complexity index is 1540. The minimum Gasteiger partial charge on any atom is -0.460 e. The molecule has 5 atom stereocenters. The number of nitrogens with zero attached hydrogens (tertiary/aromatic N) is 4. The summed E-state index contributed by atoms with van der Waals surface area (Å²) in [5, 5.41) is 13.3. The lowest BCUT2D eigenvalue weighted by Gasteiger charge is -2.24. The van der Waals surface area contributed by atoms with E-state index in [1.54, 1.807) is 34.9 Å². The third-order valence-electron chi connectivity index (χ3n) is 6.24. The first-order chi connectivity index (χ1) is 19.7. The highest BCUT2D eigenvalue weighted by molar-refractivity contribution is 7.52. The fourth-order valence-electron chi connectivity index (χ4n) is 4.18. The maximum Gasteiger partial charge on any atom is 0.459 e. The summed E-state index contributed by atoms with van der Waals surface area (Å²) in [5.74, 6) is -0.296. The number of hydrogen-bond donors (Lipinski definition) is 3. The summed E-state index contributed by atoms with van der Waals surface area (Å²) in [7, 11) is -4.17. The molecule has 1 fully saturated rings. The molecule has 15 heteroatoms. The van der Waals surface area contributed by atoms with E-state index in [1.165, 1.54) is 13.3 Å². The number of hydrogen-bond acceptors (Lipinski definition) is 11. The molecule has 13 nitrogen and oxygen atoms in total. The maximum absolute atomic E-state index is 13.8. The smallest absolute Gasteiger partial charge is 0.459 e. The van der Waals surface area contributed by atoms with Gasteiger partial charge in [0.1, 0.15) is 36.2 Å². The molecule has 0 bridgehead atoms. The van der Waals surface area contributed by atoms with E-state index in [-0.39, 0.29) is 36.5 Å². The number of ether oxygens (including phenoxy) is 2. The van der Waals surface area contributed by atoms with Gasteiger partial charge in [-0.2, -0.15) is 15.1 Å². The number of aliphatic hydroxyl groups is 1. The Balaban J connectivity index is 1.26. The summed E-state index contributed by atoms with van der Waals surface area (Å²) in [6, 6.07) is 16.5. The first-order valence-electron chi connectivity index (χ1n) is 12.7. The molecule has 0 amide bonds. The van der Waals surface area contributed by atoms with Crippen LogP contribution in [0.15, 0.2) is 67.0 Å². The molecule has 216 valence electrons. The molecular formula is C26H28ClN6O7P. The van der Waals surface area contributed by atoms with Gasteiger partial charge in [0.05, 0.1) is 19.0 Å². The van der Waals surface area contributed by atoms with E-state index in [4.69, 9.17) is 35.9 Å². The number of halogens is 1. The number of esters is 1. The van der Waals surface area contributed by atoms with Crippen LogP contribution in [-0.2, 0) is 30.0 Å². The quantitative estimate of drug-likeness (QED) is 0.129. The Morgan fingerprint density at radius 3 is 2.66 bits per heavy atom. The van der Waals surface area contributed by atoms with Gasteiger partial charge in [-0.05, 0) is 36.2 Å². The van der Waals surface area contributed by atoms with Crippen LogP contribution in [0.25, 0.3) is 11.2 Å². The molecular weight excluding hydrogens is 575 g/mol. The summed E-state index contributed by atoms with van der Waals surface area (Å²) < 4.78 is 38.1. The standard InChI is InChI=1S/C26H28ClN6O7P/c1-16(25(35)37-13-17-8-4-2-5-9-17)32-41(36,40-18-10-6-3-7-11-18)38-14-20-19(34)12-21(39-20)33-15-29-22-23(28)30-26(27)31-24(22)33/h2-11,15-16,19-21,34H,12-14H2,1H3,(H,32,36)(H2,28,30,31)/t16-,19?,20+,21+,41?/m0/s1. The van der Waals surface area contributed by atoms with Crippen molar-refractivity contribution in [2.24, 2.45) is 0 Å². The zero-order valence-corrected chi connectivity index (χ0v) is 23.5. The van der Waals surface area contributed by atoms with Gasteiger partial charge in [-0.25, -0.2) is 9.55 Å². The average Bonchev–Trinajstić information content (AvgIpc) is 3.54. The molecule has 5 rings (SSSR count). The number of para-hydroxylation sites is 1. The summed E-state index contributed by atoms with van der Waals surface area (Å²) in [6.45, 7) is 1.20. The average molecular weight is 603 g/mol. The van der Waals surface area contributed by atoms with E-state index < -0.39 is 38.2 Å². The lowest BCUT2D eigenvalue weighted by atomic mass is 10.2. The fourth-order valence-corrected chi connectivity index (χ4v) is 5.86. The summed E-state index contributed by atoms with van der Waals surface area (Å²) in [6.07, 6.45) is -0.975. The molecule has 41 heavy (non-hydrogen) atoms. The minimum absolute atomic E-state index is 0.0462. The van der Waals surface area contributed by atoms with Crippen molar-refractivity contribution in [2.45, 2.75) is 44.4 Å². The number of fused-ring (bicyclic) bond motifs is 1. The monoisotopic (exact) mass is 602 g/mol. The number of nitrogens with two attached hydrogens (primary N) is 1. The van der Waals surface area contributed by atoms with E-state index in [1.807, 2.05) is 30.3 Å². The second-order valence-electron chi connectivity index (χ2n) is 9.28. The van der Waals surface area contributed by atoms with Gasteiger partial charge < -0.3 is 24.8 Å². The highest BCUT2D eigenvalue weighted by Crippen LogP contribution is 2.46. The summed E-state index contributed by atoms with van der Waals surface area (Å²) in [5.41, 5.74) is 7.36. The predicted molar refractivity (Wildman–Crippen MR) is 149 cm³/mol. The molecule has 2 aromatic carbocycles. The number of anilines is 1. The number of benzene rings is 2. The zero-order chi connectivity index (χ0) is 29.0. The molecule has 0 spiro atoms. The second kappa shape index (κ2) is 12.5. The van der Waals surface area contributed by atoms with E-state index >= 15 is 0 Å². The highest BCUT2D eigenvalue weighted by Gasteiger charge is 2.40. The lowest BCUT2D eigenvalue weighted by Crippen LogP contribution is -2.36. The van der Waals surface area contributed by atoms with Crippen LogP contribution in [0, 0.1) is 0 Å². The minimum atomic E-state index is -4.17. The van der Waals surface area contributed by atoms with Crippen molar-refractivity contribution < 1.29 is 33.0 Å². The first-order valence-corrected chi connectivity index (χ1v) is 14.6. The van der Waals surface area contributed by atoms with E-state index in [0.29, 0.717) is 11.2 Å². The van der Waals surface area contributed by atoms with Crippen LogP contribution in [0.1, 0.15) is 25.1 Å². The van der Waals surface area contributed by atoms with Crippen LogP contribution in [0.2, 0.25) is 5.28 Å². The van der Waals surface area contributed by atoms with Crippen LogP contribution in [0.4, 0.5) is 5.82 Å². The van der Waals surface area contributed by atoms with Gasteiger partial charge in [0.15, 0.2) is 11.5 Å². The third-order valence-corrected chi connectivity index (χ3v) is 8.06. The predicted octanol–water partition coefficient (Wildman–Crippen LogP) is 3.64. The number of carbonyl (C=O) groups excluding carboxylic acids is 1. The largest absolute Gasteiger partial charge is 0.460 e. The van der Waals surface area contributed by atoms with Gasteiger partial charge in [0.25, 0.3) is 0 Å². The fraction of sp³-hybridized carbons (Fsp3) is 0.308. The number of rotatable bonds is 11. The van der Waals surface area contributed by atoms with Crippen molar-refractivity contribution in [1.29, 1.82) is 0 Å². The molecule has 1 saturated heterocycles. The van der Waals surface area contributed by atoms with Gasteiger partial charge in [0.2, 0.25) is 5.28 Å². The normalized spacial score (nSPS) is 20.9. The molecule has 1 aliphatic rings. The van der Waals surface area contributed by atoms with E-state index in [9.17, 15) is 14.5 Å². The Labute approximate surface area is 240 Å². The molecule has 0 aliphatic carbocycles. The van der Waals surface area contributed by atoms with Crippen LogP contribution < -0.4 is 15.3 Å². The number of carbonyl (C=O) groups is 1. The molecule has 4 N–H and O–H groups in total. The van der Waals surface area contributed by atoms with Crippen molar-refractivity contribution in [3.8, 4) is 5.75 Å². The van der Waals surface area contributed by atoms with Gasteiger partial charge in [0, 0.05) is 6.42 Å². The van der Waals surface area contributed by atoms with Crippen molar-refractivity contribution >= 4 is 42.3 Å². The van der Waals surface area contributed by atoms with Crippen LogP contribution in [0.3, 0.4) is 0 Å². The first kappa shape index (κ1) is 28.9. The van der Waals surface area contributed by atoms with Crippen LogP contribution in [-0.4, -0.2) is 55.5 Å². The molecule has 2 unspecified atom stereocenters. The number of aliphatic hydroxyl groups excluding tert-OH is 1. The van der Waals surface area contributed by atoms with E-state index in [2.05, 4.69) is 20.0 Å². The Hall–Kier alpha value is -3.58. The van der Waals surface area contributed by atoms with Gasteiger partial charge in [-0.1, -0.05) is 48.5 Å². The van der Waals surface area contributed by atoms with Crippen molar-refractivity contribution in [1.82, 2.24) is 24.6 Å². The zero-order valence-electron chi connectivity index (χ0n) is 21.9. The van der Waals surface area contributed by atoms with E-state index in [0.717, 1.165) is 5.56 Å². The Morgan fingerprint density at radius 2 is 1.93 bits per heavy atom. The van der Waals surface area contributed by atoms with Gasteiger partial charge >= 0.3 is 13.7 Å². The SMILES string of the molecule is C[C@H](NP(=O)(OC[C@H]1O[C@@H](n2cnc3c(N)nc(Cl)nc32)CC1O)Oc1ccccc1)C(=O)OCc1ccccc1. The van der Waals surface area contributed by atoms with Crippen molar-refractivity contribution in [3.05, 3.63) is 77.8 Å². The molecule has 2 aromatic heterocycles. The summed E-state index contributed by atoms with van der Waals surface area (Å²) >= 11 is 5.96. The number of aromatic nitrogens is 4.